The van der Waals surface area contributed by atoms with Gasteiger partial charge in [0.1, 0.15) is 0 Å². The molecule has 1 aromatic rings. The summed E-state index contributed by atoms with van der Waals surface area (Å²) in [7, 11) is 1.93. The van der Waals surface area contributed by atoms with Gasteiger partial charge in [-0.3, -0.25) is 4.79 Å². The first-order valence-electron chi connectivity index (χ1n) is 6.92. The van der Waals surface area contributed by atoms with Crippen molar-refractivity contribution in [2.75, 3.05) is 39.9 Å². The Morgan fingerprint density at radius 3 is 3.00 bits per heavy atom. The molecule has 0 unspecified atom stereocenters. The first-order valence-corrected chi connectivity index (χ1v) is 6.92. The van der Waals surface area contributed by atoms with Gasteiger partial charge in [0.25, 0.3) is 5.91 Å². The molecule has 1 aliphatic heterocycles. The molecule has 0 aromatic heterocycles. The van der Waals surface area contributed by atoms with Crippen LogP contribution in [0.25, 0.3) is 0 Å². The molecule has 0 aliphatic carbocycles. The number of carbonyl (C=O) groups excluding carboxylic acids is 1. The van der Waals surface area contributed by atoms with Crippen molar-refractivity contribution in [1.82, 2.24) is 10.2 Å². The second-order valence-corrected chi connectivity index (χ2v) is 4.77. The Kier molecular flexibility index (Phi) is 5.36. The van der Waals surface area contributed by atoms with Crippen LogP contribution in [-0.4, -0.2) is 50.7 Å². The smallest absolute Gasteiger partial charge is 0.254 e. The van der Waals surface area contributed by atoms with Gasteiger partial charge in [-0.15, -0.1) is 0 Å². The summed E-state index contributed by atoms with van der Waals surface area (Å²) in [4.78, 5) is 14.5. The van der Waals surface area contributed by atoms with Gasteiger partial charge in [0.15, 0.2) is 0 Å². The highest BCUT2D eigenvalue weighted by molar-refractivity contribution is 5.95. The van der Waals surface area contributed by atoms with E-state index in [1.165, 1.54) is 0 Å². The Morgan fingerprint density at radius 2 is 2.16 bits per heavy atom. The topological polar surface area (TPSA) is 41.6 Å². The van der Waals surface area contributed by atoms with E-state index in [0.29, 0.717) is 13.2 Å². The second-order valence-electron chi connectivity index (χ2n) is 4.77. The van der Waals surface area contributed by atoms with Crippen LogP contribution in [0, 0.1) is 0 Å². The largest absolute Gasteiger partial charge is 0.380 e. The number of nitrogens with one attached hydrogen (secondary N) is 1. The van der Waals surface area contributed by atoms with Crippen molar-refractivity contribution in [2.45, 2.75) is 12.8 Å². The molecule has 104 valence electrons. The fraction of sp³-hybridized carbons (Fsp3) is 0.533. The summed E-state index contributed by atoms with van der Waals surface area (Å²) in [5.41, 5.74) is 1.95. The van der Waals surface area contributed by atoms with E-state index in [0.717, 1.165) is 43.7 Å². The Bertz CT molecular complexity index is 412. The Morgan fingerprint density at radius 1 is 1.32 bits per heavy atom. The number of rotatable bonds is 4. The van der Waals surface area contributed by atoms with E-state index >= 15 is 0 Å². The van der Waals surface area contributed by atoms with Gasteiger partial charge in [-0.2, -0.15) is 0 Å². The molecule has 4 nitrogen and oxygen atoms in total. The van der Waals surface area contributed by atoms with Gasteiger partial charge in [0.2, 0.25) is 0 Å². The molecule has 1 heterocycles. The Hall–Kier alpha value is -1.39. The van der Waals surface area contributed by atoms with Gasteiger partial charge < -0.3 is 15.0 Å². The van der Waals surface area contributed by atoms with Crippen molar-refractivity contribution in [3.05, 3.63) is 35.4 Å². The van der Waals surface area contributed by atoms with E-state index < -0.39 is 0 Å². The maximum atomic E-state index is 12.6. The molecule has 2 rings (SSSR count). The van der Waals surface area contributed by atoms with Gasteiger partial charge in [0, 0.05) is 25.3 Å². The second kappa shape index (κ2) is 7.26. The van der Waals surface area contributed by atoms with Crippen molar-refractivity contribution in [3.63, 3.8) is 0 Å². The molecule has 4 heteroatoms. The molecule has 0 saturated carbocycles. The third-order valence-electron chi connectivity index (χ3n) is 3.40. The van der Waals surface area contributed by atoms with E-state index in [4.69, 9.17) is 4.74 Å². The Labute approximate surface area is 114 Å². The third kappa shape index (κ3) is 3.78. The third-order valence-corrected chi connectivity index (χ3v) is 3.40. The molecule has 0 atom stereocenters. The van der Waals surface area contributed by atoms with Gasteiger partial charge in [0.05, 0.1) is 6.61 Å². The summed E-state index contributed by atoms with van der Waals surface area (Å²) in [5.74, 6) is 0.136. The summed E-state index contributed by atoms with van der Waals surface area (Å²) < 4.78 is 5.40. The van der Waals surface area contributed by atoms with E-state index in [-0.39, 0.29) is 5.91 Å². The molecule has 0 radical (unpaired) electrons. The SMILES string of the molecule is CNCCc1ccccc1C(=O)N1CCCOCC1. The average Bonchev–Trinajstić information content (AvgIpc) is 2.73. The lowest BCUT2D eigenvalue weighted by atomic mass is 10.0. The van der Waals surface area contributed by atoms with Gasteiger partial charge in [-0.25, -0.2) is 0 Å². The number of hydrogen-bond donors (Lipinski definition) is 1. The highest BCUT2D eigenvalue weighted by Crippen LogP contribution is 2.13. The highest BCUT2D eigenvalue weighted by atomic mass is 16.5. The summed E-state index contributed by atoms with van der Waals surface area (Å²) >= 11 is 0. The molecule has 1 N–H and O–H groups in total. The molecule has 1 amide bonds. The standard InChI is InChI=1S/C15H22N2O2/c1-16-8-7-13-5-2-3-6-14(13)15(18)17-9-4-11-19-12-10-17/h2-3,5-6,16H,4,7-12H2,1H3. The first kappa shape index (κ1) is 14.0. The van der Waals surface area contributed by atoms with Crippen molar-refractivity contribution in [2.24, 2.45) is 0 Å². The summed E-state index contributed by atoms with van der Waals surface area (Å²) in [6, 6.07) is 7.90. The predicted octanol–water partition coefficient (Wildman–Crippen LogP) is 1.31. The van der Waals surface area contributed by atoms with Crippen LogP contribution >= 0.6 is 0 Å². The van der Waals surface area contributed by atoms with Gasteiger partial charge in [-0.1, -0.05) is 18.2 Å². The zero-order chi connectivity index (χ0) is 13.5. The minimum atomic E-state index is 0.136. The van der Waals surface area contributed by atoms with Crippen molar-refractivity contribution >= 4 is 5.91 Å². The van der Waals surface area contributed by atoms with E-state index in [1.54, 1.807) is 0 Å². The van der Waals surface area contributed by atoms with E-state index in [9.17, 15) is 4.79 Å². The van der Waals surface area contributed by atoms with Crippen LogP contribution in [0.2, 0.25) is 0 Å². The maximum Gasteiger partial charge on any atom is 0.254 e. The number of carbonyl (C=O) groups is 1. The fourth-order valence-corrected chi connectivity index (χ4v) is 2.33. The van der Waals surface area contributed by atoms with Crippen LogP contribution in [-0.2, 0) is 11.2 Å². The zero-order valence-electron chi connectivity index (χ0n) is 11.5. The minimum absolute atomic E-state index is 0.136. The number of ether oxygens (including phenoxy) is 1. The number of nitrogens with zero attached hydrogens (tertiary/aromatic N) is 1. The first-order chi connectivity index (χ1) is 9.33. The molecular weight excluding hydrogens is 240 g/mol. The molecule has 0 spiro atoms. The number of benzene rings is 1. The normalized spacial score (nSPS) is 16.2. The van der Waals surface area contributed by atoms with Crippen LogP contribution in [0.3, 0.4) is 0 Å². The summed E-state index contributed by atoms with van der Waals surface area (Å²) in [6.45, 7) is 3.77. The van der Waals surface area contributed by atoms with Gasteiger partial charge >= 0.3 is 0 Å². The lowest BCUT2D eigenvalue weighted by Gasteiger charge is -2.21. The predicted molar refractivity (Wildman–Crippen MR) is 75.4 cm³/mol. The molecule has 1 saturated heterocycles. The summed E-state index contributed by atoms with van der Waals surface area (Å²) in [5, 5.41) is 3.13. The molecule has 1 fully saturated rings. The molecule has 0 bridgehead atoms. The van der Waals surface area contributed by atoms with Crippen molar-refractivity contribution < 1.29 is 9.53 Å². The zero-order valence-corrected chi connectivity index (χ0v) is 11.5. The molecule has 1 aliphatic rings. The van der Waals surface area contributed by atoms with E-state index in [2.05, 4.69) is 5.32 Å². The average molecular weight is 262 g/mol. The van der Waals surface area contributed by atoms with Crippen molar-refractivity contribution in [1.29, 1.82) is 0 Å². The molecule has 1 aromatic carbocycles. The highest BCUT2D eigenvalue weighted by Gasteiger charge is 2.19. The fourth-order valence-electron chi connectivity index (χ4n) is 2.33. The van der Waals surface area contributed by atoms with Crippen LogP contribution in [0.15, 0.2) is 24.3 Å². The molecule has 19 heavy (non-hydrogen) atoms. The van der Waals surface area contributed by atoms with Crippen LogP contribution in [0.5, 0.6) is 0 Å². The maximum absolute atomic E-state index is 12.6. The molecular formula is C15H22N2O2. The number of likely N-dealkylation sites (N-methyl/N-ethyl adjacent to an activating group) is 1. The van der Waals surface area contributed by atoms with Crippen LogP contribution < -0.4 is 5.32 Å². The summed E-state index contributed by atoms with van der Waals surface area (Å²) in [6.07, 6.45) is 1.80. The lowest BCUT2D eigenvalue weighted by molar-refractivity contribution is 0.0740. The minimum Gasteiger partial charge on any atom is -0.380 e. The number of hydrogen-bond acceptors (Lipinski definition) is 3. The Balaban J connectivity index is 2.12. The quantitative estimate of drug-likeness (QED) is 0.889. The number of amides is 1. The van der Waals surface area contributed by atoms with E-state index in [1.807, 2.05) is 36.2 Å². The van der Waals surface area contributed by atoms with Crippen LogP contribution in [0.1, 0.15) is 22.3 Å². The van der Waals surface area contributed by atoms with Crippen molar-refractivity contribution in [3.8, 4) is 0 Å². The lowest BCUT2D eigenvalue weighted by Crippen LogP contribution is -2.34. The van der Waals surface area contributed by atoms with Gasteiger partial charge in [-0.05, 0) is 38.1 Å². The van der Waals surface area contributed by atoms with Crippen LogP contribution in [0.4, 0.5) is 0 Å². The monoisotopic (exact) mass is 262 g/mol.